The first-order valence-electron chi connectivity index (χ1n) is 11.3. The maximum atomic E-state index is 14.6. The molecule has 0 unspecified atom stereocenters. The highest BCUT2D eigenvalue weighted by Crippen LogP contribution is 2.23. The Kier molecular flexibility index (Phi) is 7.76. The number of nitrogens with zero attached hydrogens (tertiary/aromatic N) is 2. The molecule has 0 spiro atoms. The van der Waals surface area contributed by atoms with Crippen molar-refractivity contribution >= 4 is 17.5 Å². The monoisotopic (exact) mass is 465 g/mol. The van der Waals surface area contributed by atoms with Gasteiger partial charge in [0.15, 0.2) is 0 Å². The Morgan fingerprint density at radius 3 is 2.21 bits per heavy atom. The summed E-state index contributed by atoms with van der Waals surface area (Å²) in [5, 5.41) is 3.46. The second-order valence-corrected chi connectivity index (χ2v) is 9.04. The zero-order valence-electron chi connectivity index (χ0n) is 18.9. The average Bonchev–Trinajstić information content (AvgIpc) is 2.82. The summed E-state index contributed by atoms with van der Waals surface area (Å²) < 4.78 is 14.6. The van der Waals surface area contributed by atoms with Gasteiger partial charge in [0.2, 0.25) is 0 Å². The molecule has 0 radical (unpaired) electrons. The fourth-order valence-electron chi connectivity index (χ4n) is 4.01. The SMILES string of the molecule is CN1CCN(Cc2ccc(CCNC(=O)c3ccc(-c4ccc(Cl)cc4)cc3F)cc2)CC1. The van der Waals surface area contributed by atoms with Crippen LogP contribution in [0.25, 0.3) is 11.1 Å². The quantitative estimate of drug-likeness (QED) is 0.541. The summed E-state index contributed by atoms with van der Waals surface area (Å²) in [6, 6.07) is 20.4. The van der Waals surface area contributed by atoms with Gasteiger partial charge in [0, 0.05) is 44.3 Å². The molecule has 1 aliphatic heterocycles. The lowest BCUT2D eigenvalue weighted by molar-refractivity contribution is 0.0950. The number of likely N-dealkylation sites (N-methyl/N-ethyl adjacent to an activating group) is 1. The Hall–Kier alpha value is -2.73. The van der Waals surface area contributed by atoms with Crippen molar-refractivity contribution in [3.05, 3.63) is 94.3 Å². The van der Waals surface area contributed by atoms with Crippen LogP contribution in [0.1, 0.15) is 21.5 Å². The normalized spacial score (nSPS) is 14.9. The summed E-state index contributed by atoms with van der Waals surface area (Å²) in [5.41, 5.74) is 4.06. The molecule has 172 valence electrons. The number of rotatable bonds is 7. The fraction of sp³-hybridized carbons (Fsp3) is 0.296. The minimum atomic E-state index is -0.534. The highest BCUT2D eigenvalue weighted by Gasteiger charge is 2.14. The van der Waals surface area contributed by atoms with Crippen molar-refractivity contribution in [3.8, 4) is 11.1 Å². The van der Waals surface area contributed by atoms with Crippen LogP contribution in [0.3, 0.4) is 0 Å². The molecule has 4 rings (SSSR count). The third-order valence-electron chi connectivity index (χ3n) is 6.12. The van der Waals surface area contributed by atoms with Gasteiger partial charge in [-0.15, -0.1) is 0 Å². The van der Waals surface area contributed by atoms with Crippen LogP contribution in [0, 0.1) is 5.82 Å². The van der Waals surface area contributed by atoms with E-state index in [0.717, 1.165) is 43.9 Å². The first kappa shape index (κ1) is 23.4. The molecule has 1 saturated heterocycles. The third kappa shape index (κ3) is 6.41. The number of benzene rings is 3. The van der Waals surface area contributed by atoms with Crippen molar-refractivity contribution in [2.45, 2.75) is 13.0 Å². The van der Waals surface area contributed by atoms with Gasteiger partial charge in [-0.2, -0.15) is 0 Å². The zero-order valence-corrected chi connectivity index (χ0v) is 19.6. The summed E-state index contributed by atoms with van der Waals surface area (Å²) in [6.07, 6.45) is 0.699. The Labute approximate surface area is 200 Å². The topological polar surface area (TPSA) is 35.6 Å². The van der Waals surface area contributed by atoms with Crippen molar-refractivity contribution in [3.63, 3.8) is 0 Å². The second kappa shape index (κ2) is 10.9. The van der Waals surface area contributed by atoms with Crippen LogP contribution in [0.15, 0.2) is 66.7 Å². The summed E-state index contributed by atoms with van der Waals surface area (Å²) in [5.74, 6) is -0.935. The zero-order chi connectivity index (χ0) is 23.2. The van der Waals surface area contributed by atoms with Gasteiger partial charge in [0.1, 0.15) is 5.82 Å². The lowest BCUT2D eigenvalue weighted by Gasteiger charge is -2.32. The molecule has 0 aliphatic carbocycles. The smallest absolute Gasteiger partial charge is 0.254 e. The van der Waals surface area contributed by atoms with Gasteiger partial charge in [0.25, 0.3) is 5.91 Å². The molecule has 0 saturated carbocycles. The molecule has 6 heteroatoms. The van der Waals surface area contributed by atoms with Crippen molar-refractivity contribution in [2.24, 2.45) is 0 Å². The molecule has 0 bridgehead atoms. The summed E-state index contributed by atoms with van der Waals surface area (Å²) in [4.78, 5) is 17.3. The third-order valence-corrected chi connectivity index (χ3v) is 6.37. The highest BCUT2D eigenvalue weighted by molar-refractivity contribution is 6.30. The van der Waals surface area contributed by atoms with E-state index in [9.17, 15) is 9.18 Å². The Bertz CT molecular complexity index is 1080. The molecule has 0 atom stereocenters. The molecule has 3 aromatic rings. The average molecular weight is 466 g/mol. The standard InChI is InChI=1S/C27H29ClFN3O/c1-31-14-16-32(17-15-31)19-21-4-2-20(3-5-21)12-13-30-27(33)25-11-8-23(18-26(25)29)22-6-9-24(28)10-7-22/h2-11,18H,12-17,19H2,1H3,(H,30,33). The van der Waals surface area contributed by atoms with Gasteiger partial charge in [0.05, 0.1) is 5.56 Å². The number of carbonyl (C=O) groups excluding carboxylic acids is 1. The summed E-state index contributed by atoms with van der Waals surface area (Å²) >= 11 is 5.91. The molecule has 33 heavy (non-hydrogen) atoms. The van der Waals surface area contributed by atoms with Crippen molar-refractivity contribution < 1.29 is 9.18 Å². The van der Waals surface area contributed by atoms with E-state index in [1.54, 1.807) is 18.2 Å². The summed E-state index contributed by atoms with van der Waals surface area (Å²) in [6.45, 7) is 5.85. The number of carbonyl (C=O) groups is 1. The fourth-order valence-corrected chi connectivity index (χ4v) is 4.14. The molecular formula is C27H29ClFN3O. The lowest BCUT2D eigenvalue weighted by Crippen LogP contribution is -2.43. The van der Waals surface area contributed by atoms with E-state index < -0.39 is 11.7 Å². The van der Waals surface area contributed by atoms with Gasteiger partial charge >= 0.3 is 0 Å². The largest absolute Gasteiger partial charge is 0.352 e. The summed E-state index contributed by atoms with van der Waals surface area (Å²) in [7, 11) is 2.16. The first-order valence-corrected chi connectivity index (χ1v) is 11.7. The Balaban J connectivity index is 1.27. The van der Waals surface area contributed by atoms with Crippen LogP contribution in [-0.4, -0.2) is 55.5 Å². The second-order valence-electron chi connectivity index (χ2n) is 8.60. The number of hydrogen-bond acceptors (Lipinski definition) is 3. The molecule has 1 aliphatic rings. The molecule has 4 nitrogen and oxygen atoms in total. The number of amides is 1. The number of halogens is 2. The van der Waals surface area contributed by atoms with Crippen LogP contribution in [-0.2, 0) is 13.0 Å². The minimum Gasteiger partial charge on any atom is -0.352 e. The van der Waals surface area contributed by atoms with Crippen molar-refractivity contribution in [1.82, 2.24) is 15.1 Å². The Morgan fingerprint density at radius 1 is 0.909 bits per heavy atom. The van der Waals surface area contributed by atoms with Crippen molar-refractivity contribution in [2.75, 3.05) is 39.8 Å². The number of hydrogen-bond donors (Lipinski definition) is 1. The van der Waals surface area contributed by atoms with E-state index in [4.69, 9.17) is 11.6 Å². The first-order chi connectivity index (χ1) is 16.0. The van der Waals surface area contributed by atoms with E-state index >= 15 is 0 Å². The van der Waals surface area contributed by atoms with E-state index in [2.05, 4.69) is 46.4 Å². The van der Waals surface area contributed by atoms with Crippen LogP contribution in [0.2, 0.25) is 5.02 Å². The molecule has 0 aromatic heterocycles. The number of nitrogens with one attached hydrogen (secondary N) is 1. The van der Waals surface area contributed by atoms with E-state index in [0.29, 0.717) is 23.6 Å². The molecular weight excluding hydrogens is 437 g/mol. The van der Waals surface area contributed by atoms with Gasteiger partial charge < -0.3 is 10.2 Å². The van der Waals surface area contributed by atoms with Gasteiger partial charge in [-0.1, -0.05) is 54.1 Å². The van der Waals surface area contributed by atoms with Gasteiger partial charge in [-0.3, -0.25) is 9.69 Å². The minimum absolute atomic E-state index is 0.0511. The van der Waals surface area contributed by atoms with Crippen LogP contribution in [0.4, 0.5) is 4.39 Å². The molecule has 1 heterocycles. The van der Waals surface area contributed by atoms with E-state index in [1.165, 1.54) is 17.7 Å². The van der Waals surface area contributed by atoms with Crippen LogP contribution < -0.4 is 5.32 Å². The van der Waals surface area contributed by atoms with Crippen LogP contribution in [0.5, 0.6) is 0 Å². The predicted molar refractivity (Wildman–Crippen MR) is 132 cm³/mol. The lowest BCUT2D eigenvalue weighted by atomic mass is 10.0. The van der Waals surface area contributed by atoms with E-state index in [1.807, 2.05) is 12.1 Å². The maximum Gasteiger partial charge on any atom is 0.254 e. The molecule has 1 fully saturated rings. The number of piperazine rings is 1. The van der Waals surface area contributed by atoms with Crippen molar-refractivity contribution in [1.29, 1.82) is 0 Å². The molecule has 1 amide bonds. The van der Waals surface area contributed by atoms with E-state index in [-0.39, 0.29) is 5.56 Å². The maximum absolute atomic E-state index is 14.6. The Morgan fingerprint density at radius 2 is 1.55 bits per heavy atom. The predicted octanol–water partition coefficient (Wildman–Crippen LogP) is 4.87. The molecule has 1 N–H and O–H groups in total. The van der Waals surface area contributed by atoms with Crippen LogP contribution >= 0.6 is 11.6 Å². The van der Waals surface area contributed by atoms with Gasteiger partial charge in [-0.25, -0.2) is 4.39 Å². The molecule has 3 aromatic carbocycles. The highest BCUT2D eigenvalue weighted by atomic mass is 35.5. The van der Waals surface area contributed by atoms with Gasteiger partial charge in [-0.05, 0) is 60.0 Å².